The first-order valence-corrected chi connectivity index (χ1v) is 7.81. The molecule has 3 rings (SSSR count). The van der Waals surface area contributed by atoms with Crippen LogP contribution in [0.3, 0.4) is 0 Å². The molecule has 0 unspecified atom stereocenters. The Hall–Kier alpha value is -1.96. The maximum atomic E-state index is 10.4. The molecule has 1 N–H and O–H groups in total. The summed E-state index contributed by atoms with van der Waals surface area (Å²) in [5.41, 5.74) is 0.892. The minimum Gasteiger partial charge on any atom is -0.508 e. The van der Waals surface area contributed by atoms with Gasteiger partial charge in [-0.05, 0) is 29.0 Å². The highest BCUT2D eigenvalue weighted by Crippen LogP contribution is 2.78. The van der Waals surface area contributed by atoms with Crippen molar-refractivity contribution in [2.24, 2.45) is 10.8 Å². The molecule has 1 aliphatic carbocycles. The van der Waals surface area contributed by atoms with Crippen LogP contribution in [0.5, 0.6) is 11.5 Å². The number of hydrogen-bond donors (Lipinski definition) is 1. The summed E-state index contributed by atoms with van der Waals surface area (Å²) in [6.45, 7) is 9.60. The van der Waals surface area contributed by atoms with Crippen molar-refractivity contribution in [3.63, 3.8) is 0 Å². The van der Waals surface area contributed by atoms with Crippen LogP contribution in [0, 0.1) is 10.8 Å². The predicted molar refractivity (Wildman–Crippen MR) is 89.3 cm³/mol. The minimum absolute atomic E-state index is 0.0492. The van der Waals surface area contributed by atoms with Crippen molar-refractivity contribution in [1.82, 2.24) is 0 Å². The maximum absolute atomic E-state index is 10.4. The van der Waals surface area contributed by atoms with Gasteiger partial charge in [0.2, 0.25) is 0 Å². The number of aromatic hydroxyl groups is 1. The zero-order chi connectivity index (χ0) is 16.0. The first-order valence-electron chi connectivity index (χ1n) is 7.81. The maximum Gasteiger partial charge on any atom is 0.119 e. The monoisotopic (exact) mass is 296 g/mol. The molecular formula is C20H24O2. The van der Waals surface area contributed by atoms with Crippen molar-refractivity contribution in [3.8, 4) is 11.5 Å². The Balaban J connectivity index is 1.99. The number of hydrogen-bond acceptors (Lipinski definition) is 2. The molecule has 0 amide bonds. The lowest BCUT2D eigenvalue weighted by atomic mass is 9.86. The smallest absolute Gasteiger partial charge is 0.119 e. The lowest BCUT2D eigenvalue weighted by molar-refractivity contribution is 0.240. The average molecular weight is 296 g/mol. The van der Waals surface area contributed by atoms with E-state index < -0.39 is 0 Å². The van der Waals surface area contributed by atoms with E-state index in [0.717, 1.165) is 11.3 Å². The molecule has 2 aromatic carbocycles. The van der Waals surface area contributed by atoms with E-state index in [1.807, 2.05) is 48.5 Å². The summed E-state index contributed by atoms with van der Waals surface area (Å²) in [5, 5.41) is 10.4. The van der Waals surface area contributed by atoms with Gasteiger partial charge in [0.15, 0.2) is 0 Å². The van der Waals surface area contributed by atoms with Gasteiger partial charge in [-0.2, -0.15) is 0 Å². The molecule has 0 atom stereocenters. The lowest BCUT2D eigenvalue weighted by Gasteiger charge is -2.24. The van der Waals surface area contributed by atoms with E-state index >= 15 is 0 Å². The second-order valence-electron chi connectivity index (χ2n) is 7.27. The van der Waals surface area contributed by atoms with Gasteiger partial charge >= 0.3 is 0 Å². The molecule has 116 valence electrons. The van der Waals surface area contributed by atoms with Crippen LogP contribution in [0.2, 0.25) is 0 Å². The molecule has 0 radical (unpaired) electrons. The first kappa shape index (κ1) is 15.0. The molecule has 0 aliphatic heterocycles. The zero-order valence-corrected chi connectivity index (χ0v) is 13.8. The fraction of sp³-hybridized carbons (Fsp3) is 0.400. The largest absolute Gasteiger partial charge is 0.508 e. The van der Waals surface area contributed by atoms with Crippen LogP contribution in [-0.4, -0.2) is 11.7 Å². The van der Waals surface area contributed by atoms with E-state index in [4.69, 9.17) is 4.74 Å². The van der Waals surface area contributed by atoms with Crippen molar-refractivity contribution in [1.29, 1.82) is 0 Å². The van der Waals surface area contributed by atoms with Crippen molar-refractivity contribution < 1.29 is 9.84 Å². The molecule has 1 fully saturated rings. The van der Waals surface area contributed by atoms with Crippen molar-refractivity contribution in [2.75, 3.05) is 6.61 Å². The SMILES string of the molecule is CC1(C)C(C)(C)C1(COc1ccccc1)c1ccccc1O. The molecule has 2 aromatic rings. The summed E-state index contributed by atoms with van der Waals surface area (Å²) >= 11 is 0. The normalized spacial score (nSPS) is 20.4. The van der Waals surface area contributed by atoms with Gasteiger partial charge in [0.25, 0.3) is 0 Å². The Kier molecular flexibility index (Phi) is 3.24. The molecule has 0 heterocycles. The second-order valence-corrected chi connectivity index (χ2v) is 7.27. The number of rotatable bonds is 4. The van der Waals surface area contributed by atoms with E-state index in [1.165, 1.54) is 0 Å². The second kappa shape index (κ2) is 4.77. The van der Waals surface area contributed by atoms with Crippen LogP contribution in [-0.2, 0) is 5.41 Å². The third-order valence-electron chi connectivity index (χ3n) is 6.20. The van der Waals surface area contributed by atoms with Crippen LogP contribution >= 0.6 is 0 Å². The zero-order valence-electron chi connectivity index (χ0n) is 13.8. The third kappa shape index (κ3) is 1.79. The van der Waals surface area contributed by atoms with E-state index in [1.54, 1.807) is 6.07 Å². The minimum atomic E-state index is -0.193. The fourth-order valence-corrected chi connectivity index (χ4v) is 4.08. The fourth-order valence-electron chi connectivity index (χ4n) is 4.08. The van der Waals surface area contributed by atoms with Gasteiger partial charge in [-0.3, -0.25) is 0 Å². The van der Waals surface area contributed by atoms with Crippen LogP contribution in [0.4, 0.5) is 0 Å². The van der Waals surface area contributed by atoms with Gasteiger partial charge in [-0.1, -0.05) is 64.1 Å². The summed E-state index contributed by atoms with van der Waals surface area (Å²) in [6, 6.07) is 17.5. The van der Waals surface area contributed by atoms with Crippen LogP contribution < -0.4 is 4.74 Å². The van der Waals surface area contributed by atoms with Crippen molar-refractivity contribution in [3.05, 3.63) is 60.2 Å². The highest BCUT2D eigenvalue weighted by Gasteiger charge is 2.78. The molecule has 1 saturated carbocycles. The van der Waals surface area contributed by atoms with Gasteiger partial charge < -0.3 is 9.84 Å². The standard InChI is InChI=1S/C20H24O2/c1-18(2)19(3,4)20(18,16-12-8-9-13-17(16)21)14-22-15-10-6-5-7-11-15/h5-13,21H,14H2,1-4H3. The van der Waals surface area contributed by atoms with Gasteiger partial charge in [0.1, 0.15) is 11.5 Å². The number of para-hydroxylation sites is 2. The Morgan fingerprint density at radius 1 is 0.818 bits per heavy atom. The van der Waals surface area contributed by atoms with E-state index in [9.17, 15) is 5.11 Å². The van der Waals surface area contributed by atoms with Crippen LogP contribution in [0.1, 0.15) is 33.3 Å². The Morgan fingerprint density at radius 3 is 1.91 bits per heavy atom. The highest BCUT2D eigenvalue weighted by atomic mass is 16.5. The third-order valence-corrected chi connectivity index (χ3v) is 6.20. The lowest BCUT2D eigenvalue weighted by Crippen LogP contribution is -2.26. The Labute approximate surface area is 132 Å². The Morgan fingerprint density at radius 2 is 1.36 bits per heavy atom. The van der Waals surface area contributed by atoms with Gasteiger partial charge in [0, 0.05) is 11.0 Å². The molecule has 2 nitrogen and oxygen atoms in total. The molecule has 2 heteroatoms. The van der Waals surface area contributed by atoms with Crippen LogP contribution in [0.15, 0.2) is 54.6 Å². The summed E-state index contributed by atoms with van der Waals surface area (Å²) in [4.78, 5) is 0. The van der Waals surface area contributed by atoms with E-state index in [0.29, 0.717) is 12.4 Å². The molecule has 22 heavy (non-hydrogen) atoms. The summed E-state index contributed by atoms with van der Waals surface area (Å²) < 4.78 is 6.10. The highest BCUT2D eigenvalue weighted by molar-refractivity contribution is 5.51. The van der Waals surface area contributed by atoms with Gasteiger partial charge in [0.05, 0.1) is 6.61 Å². The van der Waals surface area contributed by atoms with Crippen LogP contribution in [0.25, 0.3) is 0 Å². The summed E-state index contributed by atoms with van der Waals surface area (Å²) in [5.74, 6) is 1.23. The summed E-state index contributed by atoms with van der Waals surface area (Å²) in [7, 11) is 0. The molecule has 0 saturated heterocycles. The first-order chi connectivity index (χ1) is 10.3. The quantitative estimate of drug-likeness (QED) is 0.880. The number of phenolic OH excluding ortho intramolecular Hbond substituents is 1. The average Bonchev–Trinajstić information content (AvgIpc) is 2.84. The predicted octanol–water partition coefficient (Wildman–Crippen LogP) is 4.78. The molecule has 0 aromatic heterocycles. The molecule has 0 bridgehead atoms. The number of benzene rings is 2. The number of phenols is 1. The summed E-state index contributed by atoms with van der Waals surface area (Å²) in [6.07, 6.45) is 0. The number of ether oxygens (including phenoxy) is 1. The molecule has 0 spiro atoms. The van der Waals surface area contributed by atoms with Gasteiger partial charge in [-0.25, -0.2) is 0 Å². The van der Waals surface area contributed by atoms with E-state index in [2.05, 4.69) is 27.7 Å². The molecule has 1 aliphatic rings. The molecular weight excluding hydrogens is 272 g/mol. The van der Waals surface area contributed by atoms with E-state index in [-0.39, 0.29) is 16.2 Å². The van der Waals surface area contributed by atoms with Gasteiger partial charge in [-0.15, -0.1) is 0 Å². The van der Waals surface area contributed by atoms with Crippen molar-refractivity contribution >= 4 is 0 Å². The topological polar surface area (TPSA) is 29.5 Å². The Bertz CT molecular complexity index is 657. The van der Waals surface area contributed by atoms with Crippen molar-refractivity contribution in [2.45, 2.75) is 33.1 Å².